The van der Waals surface area contributed by atoms with Gasteiger partial charge in [0.25, 0.3) is 0 Å². The van der Waals surface area contributed by atoms with Gasteiger partial charge in [0.05, 0.1) is 14.2 Å². The highest BCUT2D eigenvalue weighted by atomic mass is 19.1. The predicted molar refractivity (Wildman–Crippen MR) is 99.1 cm³/mol. The topological polar surface area (TPSA) is 43.9 Å². The number of fused-ring (bicyclic) bond motifs is 1. The van der Waals surface area contributed by atoms with E-state index in [1.807, 2.05) is 25.2 Å². The first-order valence-corrected chi connectivity index (χ1v) is 8.69. The van der Waals surface area contributed by atoms with Crippen molar-refractivity contribution in [1.29, 1.82) is 0 Å². The fraction of sp³-hybridized carbons (Fsp3) is 0.286. The molecule has 1 unspecified atom stereocenters. The number of hydrogen-bond acceptors (Lipinski definition) is 3. The first kappa shape index (κ1) is 18.1. The lowest BCUT2D eigenvalue weighted by Crippen LogP contribution is -3.06. The highest BCUT2D eigenvalue weighted by Crippen LogP contribution is 2.19. The molecule has 1 N–H and O–H groups in total. The summed E-state index contributed by atoms with van der Waals surface area (Å²) < 4.78 is 24.2. The molecule has 2 aromatic carbocycles. The van der Waals surface area contributed by atoms with E-state index in [-0.39, 0.29) is 17.2 Å². The number of ether oxygens (including phenoxy) is 1. The summed E-state index contributed by atoms with van der Waals surface area (Å²) in [7, 11) is 3.47. The van der Waals surface area contributed by atoms with Crippen LogP contribution >= 0.6 is 0 Å². The Morgan fingerprint density at radius 3 is 2.54 bits per heavy atom. The van der Waals surface area contributed by atoms with E-state index >= 15 is 0 Å². The van der Waals surface area contributed by atoms with E-state index in [0.29, 0.717) is 18.7 Å². The van der Waals surface area contributed by atoms with Crippen LogP contribution in [0.4, 0.5) is 4.39 Å². The Morgan fingerprint density at radius 1 is 1.08 bits per heavy atom. The fourth-order valence-electron chi connectivity index (χ4n) is 3.20. The summed E-state index contributed by atoms with van der Waals surface area (Å²) in [6.45, 7) is 3.34. The second-order valence-corrected chi connectivity index (χ2v) is 6.55. The predicted octanol–water partition coefficient (Wildman–Crippen LogP) is 2.72. The molecular formula is C21H23FNO3+. The van der Waals surface area contributed by atoms with Gasteiger partial charge >= 0.3 is 5.63 Å². The zero-order valence-electron chi connectivity index (χ0n) is 15.3. The highest BCUT2D eigenvalue weighted by molar-refractivity contribution is 5.80. The number of rotatable bonds is 6. The number of quaternary nitrogens is 1. The minimum Gasteiger partial charge on any atom is -0.494 e. The van der Waals surface area contributed by atoms with Gasteiger partial charge in [0.1, 0.15) is 18.7 Å². The van der Waals surface area contributed by atoms with E-state index in [1.165, 1.54) is 13.2 Å². The van der Waals surface area contributed by atoms with Gasteiger partial charge < -0.3 is 14.1 Å². The molecular weight excluding hydrogens is 333 g/mol. The van der Waals surface area contributed by atoms with Crippen molar-refractivity contribution in [3.05, 3.63) is 75.4 Å². The average molecular weight is 356 g/mol. The summed E-state index contributed by atoms with van der Waals surface area (Å²) in [5.74, 6) is -0.125. The van der Waals surface area contributed by atoms with E-state index < -0.39 is 0 Å². The number of halogens is 1. The lowest BCUT2D eigenvalue weighted by molar-refractivity contribution is -0.907. The van der Waals surface area contributed by atoms with Crippen LogP contribution in [-0.2, 0) is 19.5 Å². The van der Waals surface area contributed by atoms with Crippen molar-refractivity contribution in [2.24, 2.45) is 0 Å². The minimum atomic E-state index is -0.365. The zero-order chi connectivity index (χ0) is 18.7. The molecule has 0 aliphatic carbocycles. The summed E-state index contributed by atoms with van der Waals surface area (Å²) in [5, 5.41) is 0.946. The summed E-state index contributed by atoms with van der Waals surface area (Å²) in [6.07, 6.45) is 0.887. The molecule has 1 aromatic heterocycles. The van der Waals surface area contributed by atoms with Crippen LogP contribution in [0.5, 0.6) is 5.75 Å². The summed E-state index contributed by atoms with van der Waals surface area (Å²) in [6, 6.07) is 12.5. The van der Waals surface area contributed by atoms with Crippen LogP contribution in [0.1, 0.15) is 23.6 Å². The SMILES string of the molecule is CCc1ccc2c(C[NH+](C)Cc3ccc(OC)c(F)c3)cc(=O)oc2c1. The van der Waals surface area contributed by atoms with Crippen LogP contribution in [0.25, 0.3) is 11.0 Å². The van der Waals surface area contributed by atoms with Crippen LogP contribution in [0.15, 0.2) is 51.7 Å². The number of hydrogen-bond donors (Lipinski definition) is 1. The number of benzene rings is 2. The van der Waals surface area contributed by atoms with Crippen molar-refractivity contribution in [2.75, 3.05) is 14.2 Å². The largest absolute Gasteiger partial charge is 0.494 e. The van der Waals surface area contributed by atoms with E-state index in [1.54, 1.807) is 12.1 Å². The maximum absolute atomic E-state index is 13.9. The molecule has 1 atom stereocenters. The van der Waals surface area contributed by atoms with Crippen molar-refractivity contribution < 1.29 is 18.4 Å². The Kier molecular flexibility index (Phi) is 5.38. The Bertz CT molecular complexity index is 981. The van der Waals surface area contributed by atoms with E-state index in [2.05, 4.69) is 13.0 Å². The molecule has 4 nitrogen and oxygen atoms in total. The second-order valence-electron chi connectivity index (χ2n) is 6.55. The maximum atomic E-state index is 13.9. The standard InChI is InChI=1S/C21H22FNO3/c1-4-14-5-7-17-16(11-21(24)26-20(17)10-14)13-23(2)12-15-6-8-19(25-3)18(22)9-15/h5-11H,4,12-13H2,1-3H3/p+1. The van der Waals surface area contributed by atoms with Gasteiger partial charge in [-0.15, -0.1) is 0 Å². The molecule has 0 amide bonds. The quantitative estimate of drug-likeness (QED) is 0.691. The summed E-state index contributed by atoms with van der Waals surface area (Å²) in [5.41, 5.74) is 3.22. The monoisotopic (exact) mass is 356 g/mol. The van der Waals surface area contributed by atoms with E-state index in [9.17, 15) is 9.18 Å². The summed E-state index contributed by atoms with van der Waals surface area (Å²) >= 11 is 0. The molecule has 0 radical (unpaired) electrons. The van der Waals surface area contributed by atoms with Crippen LogP contribution in [0, 0.1) is 5.82 Å². The number of nitrogens with one attached hydrogen (secondary N) is 1. The highest BCUT2D eigenvalue weighted by Gasteiger charge is 2.13. The average Bonchev–Trinajstić information content (AvgIpc) is 2.61. The van der Waals surface area contributed by atoms with E-state index in [4.69, 9.17) is 9.15 Å². The van der Waals surface area contributed by atoms with Gasteiger partial charge in [-0.3, -0.25) is 0 Å². The third-order valence-electron chi connectivity index (χ3n) is 4.52. The maximum Gasteiger partial charge on any atom is 0.336 e. The molecule has 136 valence electrons. The fourth-order valence-corrected chi connectivity index (χ4v) is 3.20. The zero-order valence-corrected chi connectivity index (χ0v) is 15.3. The third-order valence-corrected chi connectivity index (χ3v) is 4.52. The van der Waals surface area contributed by atoms with Crippen molar-refractivity contribution in [3.8, 4) is 5.75 Å². The van der Waals surface area contributed by atoms with Gasteiger partial charge in [-0.1, -0.05) is 19.1 Å². The lowest BCUT2D eigenvalue weighted by Gasteiger charge is -2.15. The molecule has 3 aromatic rings. The van der Waals surface area contributed by atoms with Crippen LogP contribution in [-0.4, -0.2) is 14.2 Å². The molecule has 5 heteroatoms. The number of methoxy groups -OCH3 is 1. The van der Waals surface area contributed by atoms with Crippen molar-refractivity contribution in [1.82, 2.24) is 0 Å². The molecule has 0 saturated heterocycles. The molecule has 0 aliphatic heterocycles. The van der Waals surface area contributed by atoms with E-state index in [0.717, 1.165) is 33.4 Å². The van der Waals surface area contributed by atoms with Crippen molar-refractivity contribution >= 4 is 11.0 Å². The van der Waals surface area contributed by atoms with Gasteiger partial charge in [-0.25, -0.2) is 9.18 Å². The summed E-state index contributed by atoms with van der Waals surface area (Å²) in [4.78, 5) is 13.1. The minimum absolute atomic E-state index is 0.241. The Hall–Kier alpha value is -2.66. The molecule has 0 spiro atoms. The van der Waals surface area contributed by atoms with Gasteiger partial charge in [-0.05, 0) is 36.2 Å². The van der Waals surface area contributed by atoms with Crippen LogP contribution in [0.2, 0.25) is 0 Å². The van der Waals surface area contributed by atoms with Crippen LogP contribution in [0.3, 0.4) is 0 Å². The molecule has 3 rings (SSSR count). The second kappa shape index (κ2) is 7.70. The van der Waals surface area contributed by atoms with Gasteiger partial charge in [0.2, 0.25) is 0 Å². The molecule has 0 fully saturated rings. The Morgan fingerprint density at radius 2 is 1.85 bits per heavy atom. The molecule has 0 bridgehead atoms. The van der Waals surface area contributed by atoms with Crippen molar-refractivity contribution in [3.63, 3.8) is 0 Å². The Labute approximate surface area is 151 Å². The van der Waals surface area contributed by atoms with Gasteiger partial charge in [-0.2, -0.15) is 0 Å². The molecule has 1 heterocycles. The third kappa shape index (κ3) is 3.94. The first-order chi connectivity index (χ1) is 12.5. The Balaban J connectivity index is 1.84. The number of aryl methyl sites for hydroxylation is 1. The van der Waals surface area contributed by atoms with Gasteiger partial charge in [0.15, 0.2) is 11.6 Å². The van der Waals surface area contributed by atoms with Crippen molar-refractivity contribution in [2.45, 2.75) is 26.4 Å². The smallest absolute Gasteiger partial charge is 0.336 e. The lowest BCUT2D eigenvalue weighted by atomic mass is 10.1. The first-order valence-electron chi connectivity index (χ1n) is 8.69. The molecule has 26 heavy (non-hydrogen) atoms. The molecule has 0 saturated carbocycles. The molecule has 0 aliphatic rings. The normalized spacial score (nSPS) is 12.3. The van der Waals surface area contributed by atoms with Crippen LogP contribution < -0.4 is 15.3 Å². The van der Waals surface area contributed by atoms with Gasteiger partial charge in [0, 0.05) is 22.6 Å².